The number of hydrogen-bond acceptors (Lipinski definition) is 4. The summed E-state index contributed by atoms with van der Waals surface area (Å²) < 4.78 is 41.0. The number of hydrogen-bond donors (Lipinski definition) is 3. The van der Waals surface area contributed by atoms with E-state index in [9.17, 15) is 23.1 Å². The zero-order chi connectivity index (χ0) is 17.1. The van der Waals surface area contributed by atoms with E-state index in [2.05, 4.69) is 15.6 Å². The maximum atomic E-state index is 13.3. The van der Waals surface area contributed by atoms with Crippen LogP contribution in [0.5, 0.6) is 0 Å². The molecule has 9 heteroatoms. The monoisotopic (exact) mass is 334 g/mol. The first-order valence-electron chi connectivity index (χ1n) is 7.54. The van der Waals surface area contributed by atoms with E-state index in [0.717, 1.165) is 24.0 Å². The molecule has 1 saturated heterocycles. The van der Waals surface area contributed by atoms with Gasteiger partial charge in [0, 0.05) is 32.4 Å². The number of carbonyl (C=O) groups is 1. The lowest BCUT2D eigenvalue weighted by molar-refractivity contribution is -0.272. The van der Waals surface area contributed by atoms with Crippen LogP contribution in [0.4, 0.5) is 13.2 Å². The molecule has 0 bridgehead atoms. The Morgan fingerprint density at radius 1 is 1.52 bits per heavy atom. The number of rotatable bonds is 5. The van der Waals surface area contributed by atoms with E-state index in [4.69, 9.17) is 0 Å². The lowest BCUT2D eigenvalue weighted by atomic mass is 9.97. The number of carbonyl (C=O) groups excluding carboxylic acids is 1. The molecule has 1 fully saturated rings. The second kappa shape index (κ2) is 6.88. The normalized spacial score (nSPS) is 21.7. The first-order chi connectivity index (χ1) is 10.8. The Balaban J connectivity index is 2.00. The van der Waals surface area contributed by atoms with Crippen LogP contribution in [0.25, 0.3) is 0 Å². The van der Waals surface area contributed by atoms with Gasteiger partial charge in [-0.2, -0.15) is 13.2 Å². The van der Waals surface area contributed by atoms with Gasteiger partial charge in [-0.1, -0.05) is 6.42 Å². The molecule has 0 aliphatic carbocycles. The van der Waals surface area contributed by atoms with Crippen LogP contribution < -0.4 is 10.6 Å². The van der Waals surface area contributed by atoms with Crippen LogP contribution in [-0.2, 0) is 17.4 Å². The number of halogens is 3. The highest BCUT2D eigenvalue weighted by Crippen LogP contribution is 2.40. The summed E-state index contributed by atoms with van der Waals surface area (Å²) in [5, 5.41) is 15.6. The number of nitrogens with one attached hydrogen (secondary N) is 2. The second-order valence-electron chi connectivity index (χ2n) is 5.76. The van der Waals surface area contributed by atoms with Gasteiger partial charge in [-0.25, -0.2) is 4.98 Å². The highest BCUT2D eigenvalue weighted by molar-refractivity contribution is 5.81. The SMILES string of the molecule is Cn1ccnc1C(O)(CCNC(=O)[C@H]1CCCCN1)C(F)(F)F. The van der Waals surface area contributed by atoms with Crippen molar-refractivity contribution in [2.45, 2.75) is 43.5 Å². The molecule has 1 aromatic heterocycles. The van der Waals surface area contributed by atoms with Crippen molar-refractivity contribution in [2.75, 3.05) is 13.1 Å². The van der Waals surface area contributed by atoms with Gasteiger partial charge in [0.15, 0.2) is 0 Å². The van der Waals surface area contributed by atoms with Crippen molar-refractivity contribution in [1.29, 1.82) is 0 Å². The van der Waals surface area contributed by atoms with E-state index in [0.29, 0.717) is 6.42 Å². The van der Waals surface area contributed by atoms with Crippen LogP contribution in [0, 0.1) is 0 Å². The number of nitrogens with zero attached hydrogens (tertiary/aromatic N) is 2. The molecule has 1 aliphatic heterocycles. The minimum Gasteiger partial charge on any atom is -0.374 e. The molecule has 1 amide bonds. The highest BCUT2D eigenvalue weighted by Gasteiger charge is 2.57. The molecule has 6 nitrogen and oxygen atoms in total. The zero-order valence-corrected chi connectivity index (χ0v) is 12.9. The Hall–Kier alpha value is -1.61. The van der Waals surface area contributed by atoms with Gasteiger partial charge in [0.1, 0.15) is 5.82 Å². The van der Waals surface area contributed by atoms with Crippen molar-refractivity contribution in [3.8, 4) is 0 Å². The summed E-state index contributed by atoms with van der Waals surface area (Å²) in [5.41, 5.74) is -3.10. The van der Waals surface area contributed by atoms with E-state index < -0.39 is 24.0 Å². The molecule has 130 valence electrons. The van der Waals surface area contributed by atoms with E-state index in [-0.39, 0.29) is 18.5 Å². The first-order valence-corrected chi connectivity index (χ1v) is 7.54. The fourth-order valence-corrected chi connectivity index (χ4v) is 2.71. The minimum atomic E-state index is -4.89. The summed E-state index contributed by atoms with van der Waals surface area (Å²) in [4.78, 5) is 15.5. The topological polar surface area (TPSA) is 79.2 Å². The highest BCUT2D eigenvalue weighted by atomic mass is 19.4. The average molecular weight is 334 g/mol. The average Bonchev–Trinajstić information content (AvgIpc) is 2.93. The summed E-state index contributed by atoms with van der Waals surface area (Å²) in [6.07, 6.45) is -0.511. The van der Waals surface area contributed by atoms with Crippen LogP contribution in [0.2, 0.25) is 0 Å². The van der Waals surface area contributed by atoms with Crippen LogP contribution in [-0.4, -0.2) is 45.9 Å². The van der Waals surface area contributed by atoms with Gasteiger partial charge in [0.05, 0.1) is 6.04 Å². The molecule has 3 N–H and O–H groups in total. The van der Waals surface area contributed by atoms with E-state index in [1.54, 1.807) is 0 Å². The summed E-state index contributed by atoms with van der Waals surface area (Å²) in [6.45, 7) is 0.428. The van der Waals surface area contributed by atoms with Gasteiger partial charge in [-0.15, -0.1) is 0 Å². The number of aliphatic hydroxyl groups is 1. The van der Waals surface area contributed by atoms with Crippen LogP contribution >= 0.6 is 0 Å². The number of piperidine rings is 1. The van der Waals surface area contributed by atoms with Crippen LogP contribution in [0.15, 0.2) is 12.4 Å². The maximum Gasteiger partial charge on any atom is 0.424 e. The first kappa shape index (κ1) is 17.7. The molecular weight excluding hydrogens is 313 g/mol. The molecule has 2 atom stereocenters. The third-order valence-corrected chi connectivity index (χ3v) is 4.07. The van der Waals surface area contributed by atoms with E-state index >= 15 is 0 Å². The number of amides is 1. The Bertz CT molecular complexity index is 540. The molecule has 1 aromatic rings. The van der Waals surface area contributed by atoms with Gasteiger partial charge >= 0.3 is 6.18 Å². The lowest BCUT2D eigenvalue weighted by Crippen LogP contribution is -2.50. The molecule has 23 heavy (non-hydrogen) atoms. The van der Waals surface area contributed by atoms with Crippen molar-refractivity contribution < 1.29 is 23.1 Å². The maximum absolute atomic E-state index is 13.3. The minimum absolute atomic E-state index is 0.292. The third kappa shape index (κ3) is 3.84. The van der Waals surface area contributed by atoms with Gasteiger partial charge in [0.2, 0.25) is 11.5 Å². The second-order valence-corrected chi connectivity index (χ2v) is 5.76. The van der Waals surface area contributed by atoms with E-state index in [1.807, 2.05) is 0 Å². The molecule has 0 spiro atoms. The van der Waals surface area contributed by atoms with Crippen LogP contribution in [0.1, 0.15) is 31.5 Å². The molecule has 0 radical (unpaired) electrons. The van der Waals surface area contributed by atoms with Crippen molar-refractivity contribution >= 4 is 5.91 Å². The summed E-state index contributed by atoms with van der Waals surface area (Å²) in [6, 6.07) is -0.379. The van der Waals surface area contributed by atoms with Gasteiger partial charge in [0.25, 0.3) is 0 Å². The predicted molar refractivity (Wildman–Crippen MR) is 76.4 cm³/mol. The van der Waals surface area contributed by atoms with Crippen molar-refractivity contribution in [1.82, 2.24) is 20.2 Å². The third-order valence-electron chi connectivity index (χ3n) is 4.07. The smallest absolute Gasteiger partial charge is 0.374 e. The Morgan fingerprint density at radius 2 is 2.26 bits per heavy atom. The van der Waals surface area contributed by atoms with Gasteiger partial charge in [-0.05, 0) is 19.4 Å². The van der Waals surface area contributed by atoms with Crippen molar-refractivity contribution in [3.63, 3.8) is 0 Å². The fourth-order valence-electron chi connectivity index (χ4n) is 2.71. The predicted octanol–water partition coefficient (Wildman–Crippen LogP) is 0.818. The summed E-state index contributed by atoms with van der Waals surface area (Å²) >= 11 is 0. The number of aryl methyl sites for hydroxylation is 1. The Labute approximate surface area is 132 Å². The fraction of sp³-hybridized carbons (Fsp3) is 0.714. The molecule has 2 heterocycles. The Kier molecular flexibility index (Phi) is 5.30. The van der Waals surface area contributed by atoms with Crippen molar-refractivity contribution in [3.05, 3.63) is 18.2 Å². The van der Waals surface area contributed by atoms with Gasteiger partial charge in [-0.3, -0.25) is 4.79 Å². The molecule has 0 saturated carbocycles. The lowest BCUT2D eigenvalue weighted by Gasteiger charge is -2.30. The largest absolute Gasteiger partial charge is 0.424 e. The number of alkyl halides is 3. The quantitative estimate of drug-likeness (QED) is 0.745. The molecule has 1 aliphatic rings. The number of aromatic nitrogens is 2. The molecular formula is C14H21F3N4O2. The molecule has 1 unspecified atom stereocenters. The Morgan fingerprint density at radius 3 is 2.78 bits per heavy atom. The summed E-state index contributed by atoms with van der Waals surface area (Å²) in [7, 11) is 1.38. The van der Waals surface area contributed by atoms with Gasteiger partial charge < -0.3 is 20.3 Å². The molecule has 2 rings (SSSR count). The van der Waals surface area contributed by atoms with Crippen LogP contribution in [0.3, 0.4) is 0 Å². The van der Waals surface area contributed by atoms with E-state index in [1.165, 1.54) is 19.4 Å². The molecule has 0 aromatic carbocycles. The number of imidazole rings is 1. The van der Waals surface area contributed by atoms with Crippen molar-refractivity contribution in [2.24, 2.45) is 7.05 Å². The zero-order valence-electron chi connectivity index (χ0n) is 12.9. The standard InChI is InChI=1S/C14H21F3N4O2/c1-21-9-8-20-12(21)13(23,14(15,16)17)5-7-19-11(22)10-4-2-3-6-18-10/h8-10,18,23H,2-7H2,1H3,(H,19,22)/t10-,13?/m1/s1. The summed E-state index contributed by atoms with van der Waals surface area (Å²) in [5.74, 6) is -0.830.